The lowest BCUT2D eigenvalue weighted by Gasteiger charge is -2.23. The van der Waals surface area contributed by atoms with Crippen molar-refractivity contribution in [3.8, 4) is 0 Å². The summed E-state index contributed by atoms with van der Waals surface area (Å²) in [4.78, 5) is 49.4. The topological polar surface area (TPSA) is 111 Å². The molecular weight excluding hydrogens is 505 g/mol. The molecule has 0 bridgehead atoms. The standard InChI is InChI=1S/C27H31F3N2O6/c1-2-37-25(35)22(17-23(33)20-13-7-4-8-14-20)32-21(15-9-10-16-31-26(36)27(28,29)30)24(34)38-18-19-11-5-3-6-12-19/h3-8,11-14,21-22,32H,2,9-10,15-18H2,1H3,(H,31,36)/t21-,22?/m0/s1. The molecular formula is C27H31F3N2O6. The number of Topliss-reactive ketones (excluding diaryl/α,β-unsaturated/α-hetero) is 1. The first-order valence-electron chi connectivity index (χ1n) is 12.2. The van der Waals surface area contributed by atoms with Gasteiger partial charge in [-0.1, -0.05) is 60.7 Å². The number of amides is 1. The minimum Gasteiger partial charge on any atom is -0.465 e. The summed E-state index contributed by atoms with van der Waals surface area (Å²) in [6.45, 7) is 1.37. The van der Waals surface area contributed by atoms with Gasteiger partial charge in [0, 0.05) is 18.5 Å². The second-order valence-electron chi connectivity index (χ2n) is 8.36. The largest absolute Gasteiger partial charge is 0.471 e. The average Bonchev–Trinajstić information content (AvgIpc) is 2.90. The van der Waals surface area contributed by atoms with Gasteiger partial charge in [-0.2, -0.15) is 13.2 Å². The summed E-state index contributed by atoms with van der Waals surface area (Å²) in [5, 5.41) is 4.64. The van der Waals surface area contributed by atoms with Crippen LogP contribution in [0.2, 0.25) is 0 Å². The normalized spacial score (nSPS) is 12.7. The Labute approximate surface area is 218 Å². The van der Waals surface area contributed by atoms with Crippen LogP contribution in [0, 0.1) is 0 Å². The number of hydrogen-bond donors (Lipinski definition) is 2. The van der Waals surface area contributed by atoms with Crippen molar-refractivity contribution in [2.75, 3.05) is 13.2 Å². The SMILES string of the molecule is CCOC(=O)C(CC(=O)c1ccccc1)N[C@@H](CCCCNC(=O)C(F)(F)F)C(=O)OCc1ccccc1. The number of unbranched alkanes of at least 4 members (excludes halogenated alkanes) is 1. The Morgan fingerprint density at radius 2 is 1.45 bits per heavy atom. The molecule has 1 amide bonds. The zero-order chi connectivity index (χ0) is 28.0. The van der Waals surface area contributed by atoms with Crippen molar-refractivity contribution >= 4 is 23.6 Å². The quantitative estimate of drug-likeness (QED) is 0.203. The van der Waals surface area contributed by atoms with Gasteiger partial charge in [-0.15, -0.1) is 0 Å². The number of carbonyl (C=O) groups excluding carboxylic acids is 4. The van der Waals surface area contributed by atoms with Crippen LogP contribution in [0.5, 0.6) is 0 Å². The lowest BCUT2D eigenvalue weighted by atomic mass is 10.0. The molecule has 0 aliphatic carbocycles. The van der Waals surface area contributed by atoms with E-state index >= 15 is 0 Å². The average molecular weight is 537 g/mol. The Morgan fingerprint density at radius 1 is 0.842 bits per heavy atom. The summed E-state index contributed by atoms with van der Waals surface area (Å²) in [5.74, 6) is -3.82. The fourth-order valence-corrected chi connectivity index (χ4v) is 3.50. The van der Waals surface area contributed by atoms with Gasteiger partial charge in [0.2, 0.25) is 0 Å². The summed E-state index contributed by atoms with van der Waals surface area (Å²) < 4.78 is 47.6. The minimum absolute atomic E-state index is 0.0352. The fraction of sp³-hybridized carbons (Fsp3) is 0.407. The number of benzene rings is 2. The number of nitrogens with one attached hydrogen (secondary N) is 2. The van der Waals surface area contributed by atoms with E-state index in [4.69, 9.17) is 9.47 Å². The second kappa shape index (κ2) is 15.5. The molecule has 0 heterocycles. The summed E-state index contributed by atoms with van der Waals surface area (Å²) in [5.41, 5.74) is 1.11. The van der Waals surface area contributed by atoms with E-state index in [-0.39, 0.29) is 51.2 Å². The van der Waals surface area contributed by atoms with Crippen LogP contribution in [0.15, 0.2) is 60.7 Å². The highest BCUT2D eigenvalue weighted by Crippen LogP contribution is 2.15. The van der Waals surface area contributed by atoms with Crippen LogP contribution in [-0.2, 0) is 30.5 Å². The zero-order valence-electron chi connectivity index (χ0n) is 21.0. The van der Waals surface area contributed by atoms with Crippen molar-refractivity contribution < 1.29 is 41.8 Å². The van der Waals surface area contributed by atoms with E-state index in [9.17, 15) is 32.3 Å². The first-order chi connectivity index (χ1) is 18.1. The van der Waals surface area contributed by atoms with Crippen LogP contribution in [0.1, 0.15) is 48.5 Å². The van der Waals surface area contributed by atoms with E-state index in [1.165, 1.54) is 0 Å². The molecule has 1 unspecified atom stereocenters. The van der Waals surface area contributed by atoms with Crippen LogP contribution < -0.4 is 10.6 Å². The van der Waals surface area contributed by atoms with Crippen molar-refractivity contribution in [2.24, 2.45) is 0 Å². The second-order valence-corrected chi connectivity index (χ2v) is 8.36. The summed E-state index contributed by atoms with van der Waals surface area (Å²) in [7, 11) is 0. The van der Waals surface area contributed by atoms with Gasteiger partial charge in [0.05, 0.1) is 6.61 Å². The number of rotatable bonds is 15. The molecule has 206 valence electrons. The number of carbonyl (C=O) groups is 4. The molecule has 0 aliphatic heterocycles. The van der Waals surface area contributed by atoms with Gasteiger partial charge in [0.25, 0.3) is 0 Å². The zero-order valence-corrected chi connectivity index (χ0v) is 21.0. The predicted octanol–water partition coefficient (Wildman–Crippen LogP) is 3.74. The van der Waals surface area contributed by atoms with Crippen molar-refractivity contribution in [1.29, 1.82) is 0 Å². The van der Waals surface area contributed by atoms with Crippen LogP contribution in [0.25, 0.3) is 0 Å². The van der Waals surface area contributed by atoms with Crippen molar-refractivity contribution in [2.45, 2.75) is 57.5 Å². The molecule has 0 fully saturated rings. The molecule has 2 aromatic carbocycles. The number of ketones is 1. The summed E-state index contributed by atoms with van der Waals surface area (Å²) >= 11 is 0. The monoisotopic (exact) mass is 536 g/mol. The number of hydrogen-bond acceptors (Lipinski definition) is 7. The maximum atomic E-state index is 13.0. The lowest BCUT2D eigenvalue weighted by molar-refractivity contribution is -0.173. The molecule has 0 saturated heterocycles. The van der Waals surface area contributed by atoms with Gasteiger partial charge in [-0.05, 0) is 31.7 Å². The maximum absolute atomic E-state index is 13.0. The number of ether oxygens (including phenoxy) is 2. The van der Waals surface area contributed by atoms with Gasteiger partial charge < -0.3 is 14.8 Å². The Balaban J connectivity index is 2.09. The van der Waals surface area contributed by atoms with Crippen molar-refractivity contribution in [3.05, 3.63) is 71.8 Å². The van der Waals surface area contributed by atoms with Crippen LogP contribution in [-0.4, -0.2) is 55.0 Å². The first-order valence-corrected chi connectivity index (χ1v) is 12.2. The van der Waals surface area contributed by atoms with Crippen molar-refractivity contribution in [1.82, 2.24) is 10.6 Å². The maximum Gasteiger partial charge on any atom is 0.471 e. The van der Waals surface area contributed by atoms with E-state index < -0.39 is 36.1 Å². The van der Waals surface area contributed by atoms with Gasteiger partial charge in [0.1, 0.15) is 18.7 Å². The Bertz CT molecular complexity index is 1050. The summed E-state index contributed by atoms with van der Waals surface area (Å²) in [6, 6.07) is 15.0. The van der Waals surface area contributed by atoms with Gasteiger partial charge in [0.15, 0.2) is 5.78 Å². The van der Waals surface area contributed by atoms with E-state index in [2.05, 4.69) is 5.32 Å². The third-order valence-electron chi connectivity index (χ3n) is 5.43. The van der Waals surface area contributed by atoms with Gasteiger partial charge in [-0.25, -0.2) is 0 Å². The number of alkyl halides is 3. The molecule has 0 aromatic heterocycles. The van der Waals surface area contributed by atoms with E-state index in [1.807, 2.05) is 0 Å². The number of halogens is 3. The van der Waals surface area contributed by atoms with Gasteiger partial charge >= 0.3 is 24.0 Å². The van der Waals surface area contributed by atoms with E-state index in [0.717, 1.165) is 5.56 Å². The minimum atomic E-state index is -4.98. The molecule has 2 rings (SSSR count). The molecule has 2 aromatic rings. The fourth-order valence-electron chi connectivity index (χ4n) is 3.50. The van der Waals surface area contributed by atoms with Crippen LogP contribution in [0.4, 0.5) is 13.2 Å². The first kappa shape index (κ1) is 30.5. The highest BCUT2D eigenvalue weighted by atomic mass is 19.4. The molecule has 0 radical (unpaired) electrons. The van der Waals surface area contributed by atoms with Crippen molar-refractivity contribution in [3.63, 3.8) is 0 Å². The van der Waals surface area contributed by atoms with E-state index in [1.54, 1.807) is 72.9 Å². The third kappa shape index (κ3) is 10.7. The Hall–Kier alpha value is -3.73. The highest BCUT2D eigenvalue weighted by Gasteiger charge is 2.38. The molecule has 38 heavy (non-hydrogen) atoms. The highest BCUT2D eigenvalue weighted by molar-refractivity contribution is 5.99. The smallest absolute Gasteiger partial charge is 0.465 e. The molecule has 0 aliphatic rings. The van der Waals surface area contributed by atoms with E-state index in [0.29, 0.717) is 5.56 Å². The lowest BCUT2D eigenvalue weighted by Crippen LogP contribution is -2.49. The molecule has 8 nitrogen and oxygen atoms in total. The third-order valence-corrected chi connectivity index (χ3v) is 5.43. The molecule has 11 heteroatoms. The molecule has 0 saturated carbocycles. The van der Waals surface area contributed by atoms with Crippen LogP contribution >= 0.6 is 0 Å². The Kier molecular flexibility index (Phi) is 12.4. The molecule has 2 N–H and O–H groups in total. The van der Waals surface area contributed by atoms with Crippen LogP contribution in [0.3, 0.4) is 0 Å². The summed E-state index contributed by atoms with van der Waals surface area (Å²) in [6.07, 6.45) is -4.83. The Morgan fingerprint density at radius 3 is 2.05 bits per heavy atom. The molecule has 0 spiro atoms. The molecule has 2 atom stereocenters. The number of esters is 2. The predicted molar refractivity (Wildman–Crippen MR) is 132 cm³/mol. The van der Waals surface area contributed by atoms with Gasteiger partial charge in [-0.3, -0.25) is 24.5 Å².